The number of nitrogens with zero attached hydrogens (tertiary/aromatic N) is 2. The van der Waals surface area contributed by atoms with E-state index in [1.165, 1.54) is 24.3 Å². The molecule has 0 aromatic heterocycles. The molecule has 5 nitrogen and oxygen atoms in total. The van der Waals surface area contributed by atoms with Crippen molar-refractivity contribution in [2.75, 3.05) is 0 Å². The van der Waals surface area contributed by atoms with Crippen LogP contribution in [0.5, 0.6) is 0 Å². The van der Waals surface area contributed by atoms with Crippen LogP contribution in [0.1, 0.15) is 6.92 Å². The fraction of sp³-hybridized carbons (Fsp3) is 0.111. The lowest BCUT2D eigenvalue weighted by molar-refractivity contribution is 0.411. The number of diazo groups is 1. The van der Waals surface area contributed by atoms with E-state index >= 15 is 0 Å². The standard InChI is InChI=1S/C9H8N2O3S/c1-7(12)9(11-10)15(13,14)8-5-3-2-4-6-8/h2-6H,1H3/p+1/b9-7+. The van der Waals surface area contributed by atoms with Gasteiger partial charge in [-0.3, -0.25) is 0 Å². The minimum atomic E-state index is -3.94. The van der Waals surface area contributed by atoms with Gasteiger partial charge < -0.3 is 5.11 Å². The molecule has 6 heteroatoms. The van der Waals surface area contributed by atoms with Crippen LogP contribution in [0.25, 0.3) is 4.98 Å². The molecule has 1 rings (SSSR count). The molecule has 0 aliphatic rings. The van der Waals surface area contributed by atoms with Crippen LogP contribution in [-0.4, -0.2) is 13.5 Å². The van der Waals surface area contributed by atoms with E-state index in [1.807, 2.05) is 0 Å². The maximum Gasteiger partial charge on any atom is 0.515 e. The van der Waals surface area contributed by atoms with E-state index in [0.29, 0.717) is 0 Å². The summed E-state index contributed by atoms with van der Waals surface area (Å²) in [5.74, 6) is -0.554. The molecule has 0 bridgehead atoms. The number of hydrogen-bond acceptors (Lipinski definition) is 4. The smallest absolute Gasteiger partial charge is 0.505 e. The highest BCUT2D eigenvalue weighted by atomic mass is 32.2. The largest absolute Gasteiger partial charge is 0.515 e. The highest BCUT2D eigenvalue weighted by molar-refractivity contribution is 7.95. The van der Waals surface area contributed by atoms with Crippen molar-refractivity contribution in [1.29, 1.82) is 5.39 Å². The maximum absolute atomic E-state index is 11.7. The number of aliphatic hydroxyl groups excluding tert-OH is 1. The van der Waals surface area contributed by atoms with Crippen molar-refractivity contribution >= 4 is 9.84 Å². The van der Waals surface area contributed by atoms with Crippen LogP contribution < -0.4 is 0 Å². The lowest BCUT2D eigenvalue weighted by Gasteiger charge is -1.95. The van der Waals surface area contributed by atoms with E-state index in [-0.39, 0.29) is 4.90 Å². The molecule has 0 heterocycles. The Morgan fingerprint density at radius 2 is 1.87 bits per heavy atom. The Morgan fingerprint density at radius 1 is 1.33 bits per heavy atom. The number of hydrogen-bond donors (Lipinski definition) is 1. The predicted octanol–water partition coefficient (Wildman–Crippen LogP) is 2.06. The summed E-state index contributed by atoms with van der Waals surface area (Å²) in [5.41, 5.74) is 0. The van der Waals surface area contributed by atoms with Gasteiger partial charge in [-0.15, -0.1) is 0 Å². The van der Waals surface area contributed by atoms with Gasteiger partial charge in [0.05, 0.1) is 4.90 Å². The third kappa shape index (κ3) is 2.14. The van der Waals surface area contributed by atoms with E-state index < -0.39 is 20.6 Å². The second kappa shape index (κ2) is 4.11. The molecule has 0 radical (unpaired) electrons. The minimum Gasteiger partial charge on any atom is -0.505 e. The van der Waals surface area contributed by atoms with Crippen LogP contribution in [0.2, 0.25) is 0 Å². The molecule has 0 aliphatic heterocycles. The van der Waals surface area contributed by atoms with Gasteiger partial charge in [0.15, 0.2) is 10.7 Å². The fourth-order valence-electron chi connectivity index (χ4n) is 1.03. The average molecular weight is 225 g/mol. The molecule has 0 saturated carbocycles. The third-order valence-corrected chi connectivity index (χ3v) is 3.49. The number of allylic oxidation sites excluding steroid dienone is 1. The topological polar surface area (TPSA) is 82.5 Å². The second-order valence-corrected chi connectivity index (χ2v) is 4.67. The van der Waals surface area contributed by atoms with Crippen LogP contribution >= 0.6 is 0 Å². The van der Waals surface area contributed by atoms with Gasteiger partial charge >= 0.3 is 5.03 Å². The molecule has 0 aliphatic carbocycles. The van der Waals surface area contributed by atoms with Crippen molar-refractivity contribution in [3.63, 3.8) is 0 Å². The molecule has 0 atom stereocenters. The molecular formula is C9H9N2O3S+. The summed E-state index contributed by atoms with van der Waals surface area (Å²) < 4.78 is 23.5. The summed E-state index contributed by atoms with van der Waals surface area (Å²) in [5, 5.41) is 16.8. The number of aliphatic hydroxyl groups is 1. The molecule has 0 spiro atoms. The second-order valence-electron chi connectivity index (χ2n) is 2.81. The Bertz CT molecular complexity index is 522. The monoisotopic (exact) mass is 225 g/mol. The Balaban J connectivity index is 3.41. The quantitative estimate of drug-likeness (QED) is 0.616. The van der Waals surface area contributed by atoms with Gasteiger partial charge in [0, 0.05) is 6.92 Å². The first-order valence-corrected chi connectivity index (χ1v) is 5.53. The van der Waals surface area contributed by atoms with E-state index in [2.05, 4.69) is 4.98 Å². The molecule has 1 aromatic rings. The van der Waals surface area contributed by atoms with Gasteiger partial charge in [-0.1, -0.05) is 18.2 Å². The summed E-state index contributed by atoms with van der Waals surface area (Å²) in [6, 6.07) is 7.43. The minimum absolute atomic E-state index is 0.0359. The number of rotatable bonds is 2. The lowest BCUT2D eigenvalue weighted by Crippen LogP contribution is -2.04. The van der Waals surface area contributed by atoms with Gasteiger partial charge in [-0.05, 0) is 12.1 Å². The normalized spacial score (nSPS) is 12.8. The highest BCUT2D eigenvalue weighted by Crippen LogP contribution is 2.21. The van der Waals surface area contributed by atoms with E-state index in [4.69, 9.17) is 10.5 Å². The van der Waals surface area contributed by atoms with Crippen molar-refractivity contribution in [2.45, 2.75) is 11.8 Å². The molecule has 15 heavy (non-hydrogen) atoms. The molecule has 78 valence electrons. The SMILES string of the molecule is C/C(O)=C(/[N+]#N)S(=O)(=O)c1ccccc1. The van der Waals surface area contributed by atoms with Crippen LogP contribution in [0.3, 0.4) is 0 Å². The van der Waals surface area contributed by atoms with Crippen molar-refractivity contribution in [1.82, 2.24) is 0 Å². The van der Waals surface area contributed by atoms with Gasteiger partial charge in [-0.2, -0.15) is 0 Å². The van der Waals surface area contributed by atoms with Crippen molar-refractivity contribution in [3.05, 3.63) is 46.1 Å². The summed E-state index contributed by atoms with van der Waals surface area (Å²) in [7, 11) is -3.94. The highest BCUT2D eigenvalue weighted by Gasteiger charge is 2.35. The molecule has 0 saturated heterocycles. The molecular weight excluding hydrogens is 216 g/mol. The van der Waals surface area contributed by atoms with Crippen molar-refractivity contribution in [3.8, 4) is 0 Å². The first kappa shape index (κ1) is 11.2. The molecule has 1 aromatic carbocycles. The fourth-order valence-corrected chi connectivity index (χ4v) is 2.27. The Morgan fingerprint density at radius 3 is 2.27 bits per heavy atom. The predicted molar refractivity (Wildman–Crippen MR) is 54.0 cm³/mol. The summed E-state index contributed by atoms with van der Waals surface area (Å²) in [4.78, 5) is 2.54. The first-order valence-electron chi connectivity index (χ1n) is 4.05. The Hall–Kier alpha value is -1.87. The molecule has 0 unspecified atom stereocenters. The first-order chi connectivity index (χ1) is 7.00. The van der Waals surface area contributed by atoms with Crippen LogP contribution in [0.15, 0.2) is 46.0 Å². The maximum atomic E-state index is 11.7. The number of sulfone groups is 1. The van der Waals surface area contributed by atoms with Crippen LogP contribution in [-0.2, 0) is 9.84 Å². The van der Waals surface area contributed by atoms with Gasteiger partial charge in [0.1, 0.15) is 0 Å². The zero-order chi connectivity index (χ0) is 11.5. The molecule has 0 fully saturated rings. The van der Waals surface area contributed by atoms with E-state index in [9.17, 15) is 8.42 Å². The van der Waals surface area contributed by atoms with E-state index in [0.717, 1.165) is 6.92 Å². The Labute approximate surface area is 87.2 Å². The average Bonchev–Trinajstić information content (AvgIpc) is 2.19. The van der Waals surface area contributed by atoms with Crippen LogP contribution in [0.4, 0.5) is 0 Å². The van der Waals surface area contributed by atoms with Crippen LogP contribution in [0, 0.1) is 5.39 Å². The van der Waals surface area contributed by atoms with E-state index in [1.54, 1.807) is 6.07 Å². The number of benzene rings is 1. The summed E-state index contributed by atoms with van der Waals surface area (Å²) >= 11 is 0. The van der Waals surface area contributed by atoms with Gasteiger partial charge in [0.25, 0.3) is 9.84 Å². The molecule has 1 N–H and O–H groups in total. The zero-order valence-corrected chi connectivity index (χ0v) is 8.77. The van der Waals surface area contributed by atoms with Crippen molar-refractivity contribution in [2.24, 2.45) is 0 Å². The molecule has 0 amide bonds. The lowest BCUT2D eigenvalue weighted by atomic mass is 10.4. The van der Waals surface area contributed by atoms with Gasteiger partial charge in [-0.25, -0.2) is 8.42 Å². The zero-order valence-electron chi connectivity index (χ0n) is 7.95. The summed E-state index contributed by atoms with van der Waals surface area (Å²) in [6.45, 7) is 1.13. The summed E-state index contributed by atoms with van der Waals surface area (Å²) in [6.07, 6.45) is 0. The van der Waals surface area contributed by atoms with Gasteiger partial charge in [0.2, 0.25) is 5.39 Å². The Kier molecular flexibility index (Phi) is 3.07. The third-order valence-electron chi connectivity index (χ3n) is 1.71. The van der Waals surface area contributed by atoms with Crippen molar-refractivity contribution < 1.29 is 13.5 Å².